The molecule has 0 bridgehead atoms. The van der Waals surface area contributed by atoms with Crippen molar-refractivity contribution in [2.24, 2.45) is 0 Å². The molecule has 16 nitrogen and oxygen atoms in total. The van der Waals surface area contributed by atoms with Gasteiger partial charge in [0.05, 0.1) is 19.3 Å². The van der Waals surface area contributed by atoms with Crippen LogP contribution in [0.3, 0.4) is 0 Å². The quantitative estimate of drug-likeness (QED) is 0.184. The topological polar surface area (TPSA) is 222 Å². The average Bonchev–Trinajstić information content (AvgIpc) is 3.47. The molecule has 2 aromatic heterocycles. The molecule has 2 aliphatic rings. The van der Waals surface area contributed by atoms with E-state index in [1.807, 2.05) is 0 Å². The first-order chi connectivity index (χ1) is 18.6. The number of ether oxygens (including phenoxy) is 2. The number of nitrogens with zero attached hydrogens (tertiary/aromatic N) is 4. The molecule has 4 rings (SSSR count). The van der Waals surface area contributed by atoms with Crippen LogP contribution in [0, 0.1) is 13.8 Å². The fourth-order valence-electron chi connectivity index (χ4n) is 4.27. The van der Waals surface area contributed by atoms with Crippen LogP contribution in [0.25, 0.3) is 0 Å². The van der Waals surface area contributed by atoms with Gasteiger partial charge in [0, 0.05) is 29.9 Å². The molecular weight excluding hydrogens is 610 g/mol. The van der Waals surface area contributed by atoms with Gasteiger partial charge in [-0.25, -0.2) is 18.7 Å². The van der Waals surface area contributed by atoms with Gasteiger partial charge in [-0.05, 0) is 26.7 Å². The molecule has 0 aliphatic carbocycles. The predicted octanol–water partition coefficient (Wildman–Crippen LogP) is 1.73. The molecule has 2 aliphatic heterocycles. The molecule has 0 aromatic carbocycles. The van der Waals surface area contributed by atoms with Crippen LogP contribution in [0.4, 0.5) is 11.6 Å². The maximum absolute atomic E-state index is 13.1. The minimum Gasteiger partial charge on any atom is -0.383 e. The van der Waals surface area contributed by atoms with Gasteiger partial charge in [-0.3, -0.25) is 22.7 Å². The summed E-state index contributed by atoms with van der Waals surface area (Å²) in [6, 6.07) is 0. The van der Waals surface area contributed by atoms with Crippen molar-refractivity contribution in [2.75, 3.05) is 24.7 Å². The lowest BCUT2D eigenvalue weighted by molar-refractivity contribution is -0.0417. The maximum Gasteiger partial charge on any atom is 0.386 e. The van der Waals surface area contributed by atoms with E-state index >= 15 is 0 Å². The summed E-state index contributed by atoms with van der Waals surface area (Å²) in [6.07, 6.45) is -0.223. The number of aryl methyl sites for hydroxylation is 2. The largest absolute Gasteiger partial charge is 0.386 e. The van der Waals surface area contributed by atoms with Gasteiger partial charge >= 0.3 is 25.0 Å². The van der Waals surface area contributed by atoms with Crippen molar-refractivity contribution in [1.82, 2.24) is 19.1 Å². The Hall–Kier alpha value is -1.72. The molecule has 7 atom stereocenters. The monoisotopic (exact) mass is 640 g/mol. The van der Waals surface area contributed by atoms with E-state index in [-0.39, 0.29) is 24.7 Å². The van der Waals surface area contributed by atoms with Gasteiger partial charge in [-0.2, -0.15) is 9.97 Å². The second-order valence-corrected chi connectivity index (χ2v) is 15.0. The Bertz CT molecular complexity index is 1470. The summed E-state index contributed by atoms with van der Waals surface area (Å²) >= 11 is 7.55. The highest BCUT2D eigenvalue weighted by Gasteiger charge is 2.43. The van der Waals surface area contributed by atoms with Crippen molar-refractivity contribution >= 4 is 49.7 Å². The third-order valence-corrected chi connectivity index (χ3v) is 8.81. The number of anilines is 2. The summed E-state index contributed by atoms with van der Waals surface area (Å²) in [5.41, 5.74) is 11.3. The van der Waals surface area contributed by atoms with E-state index in [1.165, 1.54) is 15.3 Å². The highest BCUT2D eigenvalue weighted by Crippen LogP contribution is 2.57. The summed E-state index contributed by atoms with van der Waals surface area (Å²) < 4.78 is 54.9. The molecule has 0 radical (unpaired) electrons. The van der Waals surface area contributed by atoms with E-state index in [9.17, 15) is 23.6 Å². The van der Waals surface area contributed by atoms with Gasteiger partial charge < -0.3 is 25.8 Å². The summed E-state index contributed by atoms with van der Waals surface area (Å²) in [6.45, 7) is -5.52. The van der Waals surface area contributed by atoms with Crippen molar-refractivity contribution < 1.29 is 37.1 Å². The normalized spacial score (nSPS) is 27.9. The summed E-state index contributed by atoms with van der Waals surface area (Å²) in [5.74, 6) is 0.193. The lowest BCUT2D eigenvalue weighted by atomic mass is 10.2. The highest BCUT2D eigenvalue weighted by molar-refractivity contribution is 8.44. The second kappa shape index (κ2) is 12.3. The molecule has 0 saturated carbocycles. The number of hydrogen-bond donors (Lipinski definition) is 5. The van der Waals surface area contributed by atoms with E-state index < -0.39 is 62.3 Å². The van der Waals surface area contributed by atoms with E-state index in [0.29, 0.717) is 24.0 Å². The minimum atomic E-state index is -4.19. The lowest BCUT2D eigenvalue weighted by Gasteiger charge is -2.23. The van der Waals surface area contributed by atoms with E-state index in [0.717, 1.165) is 0 Å². The van der Waals surface area contributed by atoms with Crippen LogP contribution in [-0.4, -0.2) is 55.5 Å². The Kier molecular flexibility index (Phi) is 9.56. The molecule has 0 amide bonds. The molecule has 4 heterocycles. The molecule has 2 unspecified atom stereocenters. The van der Waals surface area contributed by atoms with Crippen molar-refractivity contribution in [2.45, 2.75) is 63.9 Å². The Labute approximate surface area is 238 Å². The van der Waals surface area contributed by atoms with Gasteiger partial charge in [0.1, 0.15) is 36.3 Å². The fraction of sp³-hybridized carbons (Fsp3) is 0.600. The van der Waals surface area contributed by atoms with Crippen LogP contribution in [0.5, 0.6) is 0 Å². The Morgan fingerprint density at radius 1 is 0.975 bits per heavy atom. The molecule has 5 N–H and O–H groups in total. The van der Waals surface area contributed by atoms with E-state index in [1.54, 1.807) is 20.0 Å². The van der Waals surface area contributed by atoms with Crippen LogP contribution in [0.2, 0.25) is 0 Å². The number of thiol groups is 2. The third-order valence-electron chi connectivity index (χ3n) is 6.33. The molecule has 0 spiro atoms. The number of rotatable bonds is 10. The van der Waals surface area contributed by atoms with Crippen LogP contribution in [0.15, 0.2) is 22.0 Å². The van der Waals surface area contributed by atoms with Crippen LogP contribution >= 0.6 is 38.1 Å². The zero-order chi connectivity index (χ0) is 29.4. The molecule has 40 heavy (non-hydrogen) atoms. The first-order valence-electron chi connectivity index (χ1n) is 12.0. The number of nitrogen functional groups attached to an aromatic ring is 2. The number of aromatic nitrogens is 4. The zero-order valence-corrected chi connectivity index (χ0v) is 25.0. The smallest absolute Gasteiger partial charge is 0.383 e. The number of nitrogens with two attached hydrogens (primary N) is 2. The third kappa shape index (κ3) is 7.76. The van der Waals surface area contributed by atoms with Gasteiger partial charge in [-0.1, -0.05) is 24.5 Å². The first-order valence-corrected chi connectivity index (χ1v) is 17.4. The molecule has 2 aromatic rings. The first kappa shape index (κ1) is 31.2. The van der Waals surface area contributed by atoms with Gasteiger partial charge in [0.2, 0.25) is 0 Å². The summed E-state index contributed by atoms with van der Waals surface area (Å²) in [5, 5.41) is 0. The van der Waals surface area contributed by atoms with Crippen molar-refractivity contribution in [3.8, 4) is 0 Å². The number of hydrogen-bond acceptors (Lipinski definition) is 13. The highest BCUT2D eigenvalue weighted by atomic mass is 32.7. The second-order valence-electron chi connectivity index (χ2n) is 9.35. The standard InChI is InChI=1S/C20H30N6O10P2S2/c1-10-6-25(19(27)23-17(10)21)15-4-3-12(34-15)8-33-38(31,40)36-13-5-16(35-14(13)9-32-37(29,30)39)26-7-11(2)18(22)24-20(26)28/h6-7,12-16H,3-5,8-9H2,1-2H3,(H,31,40)(H2,21,23,27)(H2,22,24,28)(H2,29,30,39)/t12-,13+,14+,15+,16+,38?/m0/s1. The fourth-order valence-corrected chi connectivity index (χ4v) is 6.35. The average molecular weight is 641 g/mol. The maximum atomic E-state index is 13.1. The van der Waals surface area contributed by atoms with Crippen LogP contribution in [0.1, 0.15) is 42.8 Å². The molecule has 20 heteroatoms. The molecule has 222 valence electrons. The van der Waals surface area contributed by atoms with Crippen LogP contribution < -0.4 is 22.8 Å². The molecule has 2 fully saturated rings. The van der Waals surface area contributed by atoms with E-state index in [2.05, 4.69) is 34.5 Å². The van der Waals surface area contributed by atoms with Crippen molar-refractivity contribution in [3.63, 3.8) is 0 Å². The zero-order valence-electron chi connectivity index (χ0n) is 21.4. The SMILES string of the molecule is Cc1cn([C@H]2CC[C@@H](COP(=O)(S)O[C@@H]3C[C@H](n4cc(C)c(N)nc4=O)O[C@@H]3COP(=O)(O)S)O2)c(=O)nc1N. The van der Waals surface area contributed by atoms with Gasteiger partial charge in [0.25, 0.3) is 0 Å². The van der Waals surface area contributed by atoms with E-state index in [4.69, 9.17) is 34.5 Å². The van der Waals surface area contributed by atoms with Crippen LogP contribution in [-0.2, 0) is 32.2 Å². The summed E-state index contributed by atoms with van der Waals surface area (Å²) in [7, 11) is 0. The lowest BCUT2D eigenvalue weighted by Crippen LogP contribution is -2.29. The van der Waals surface area contributed by atoms with Crippen molar-refractivity contribution in [3.05, 3.63) is 44.5 Å². The van der Waals surface area contributed by atoms with Crippen molar-refractivity contribution in [1.29, 1.82) is 0 Å². The Morgan fingerprint density at radius 2 is 1.55 bits per heavy atom. The minimum absolute atomic E-state index is 0.0242. The molecule has 2 saturated heterocycles. The molecular formula is C20H30N6O10P2S2. The summed E-state index contributed by atoms with van der Waals surface area (Å²) in [4.78, 5) is 41.6. The Balaban J connectivity index is 1.41. The predicted molar refractivity (Wildman–Crippen MR) is 149 cm³/mol. The van der Waals surface area contributed by atoms with Gasteiger partial charge in [-0.15, -0.1) is 0 Å². The Morgan fingerprint density at radius 3 is 2.12 bits per heavy atom. The van der Waals surface area contributed by atoms with Gasteiger partial charge in [0.15, 0.2) is 0 Å².